The fourth-order valence-electron chi connectivity index (χ4n) is 3.92. The summed E-state index contributed by atoms with van der Waals surface area (Å²) < 4.78 is 78.0. The normalized spacial score (nSPS) is 20.7. The Labute approximate surface area is 245 Å². The summed E-state index contributed by atoms with van der Waals surface area (Å²) in [6.07, 6.45) is -7.84. The molecule has 0 radical (unpaired) electrons. The second kappa shape index (κ2) is 11.7. The first-order chi connectivity index (χ1) is 17.8. The van der Waals surface area contributed by atoms with Crippen LogP contribution in [0.4, 0.5) is 26.3 Å². The number of hydrogen-bond acceptors (Lipinski definition) is 6. The van der Waals surface area contributed by atoms with Crippen LogP contribution in [0.1, 0.15) is 22.3 Å². The van der Waals surface area contributed by atoms with Gasteiger partial charge >= 0.3 is 12.4 Å². The predicted molar refractivity (Wildman–Crippen MR) is 157 cm³/mol. The molecule has 0 saturated carbocycles. The molecule has 2 aliphatic rings. The summed E-state index contributed by atoms with van der Waals surface area (Å²) in [5.74, 6) is 0. The number of hydrogen-bond donors (Lipinski definition) is 0. The van der Waals surface area contributed by atoms with Gasteiger partial charge in [0.05, 0.1) is 31.6 Å². The summed E-state index contributed by atoms with van der Waals surface area (Å²) >= 11 is 25.3. The zero-order valence-corrected chi connectivity index (χ0v) is 24.1. The molecule has 2 fully saturated rings. The standard InChI is InChI=1S/C24H18F6N2S6/c25-23(26,27)15-5-1-13(2-6-15)9-11-31-19(33)17(37-21(31)35)18-20(34)32(22(36)38-18)12-10-14-3-7-16(8-4-14)24(28,29)30/h1-8,17-18H,9-12H2. The maximum absolute atomic E-state index is 12.8. The van der Waals surface area contributed by atoms with Crippen LogP contribution in [0.5, 0.6) is 0 Å². The summed E-state index contributed by atoms with van der Waals surface area (Å²) in [4.78, 5) is 4.82. The maximum atomic E-state index is 12.8. The molecule has 4 rings (SSSR count). The van der Waals surface area contributed by atoms with Gasteiger partial charge in [-0.25, -0.2) is 0 Å². The predicted octanol–water partition coefficient (Wildman–Crippen LogP) is 7.57. The van der Waals surface area contributed by atoms with E-state index >= 15 is 0 Å². The third-order valence-electron chi connectivity index (χ3n) is 6.00. The van der Waals surface area contributed by atoms with Gasteiger partial charge in [-0.3, -0.25) is 0 Å². The summed E-state index contributed by atoms with van der Waals surface area (Å²) in [6.45, 7) is 0.859. The molecule has 2 unspecified atom stereocenters. The fraction of sp³-hybridized carbons (Fsp3) is 0.333. The number of benzene rings is 2. The minimum Gasteiger partial charge on any atom is -0.320 e. The van der Waals surface area contributed by atoms with E-state index in [1.54, 1.807) is 0 Å². The monoisotopic (exact) mass is 640 g/mol. The number of thiocarbonyl (C=S) groups is 4. The molecule has 0 spiro atoms. The topological polar surface area (TPSA) is 6.48 Å². The van der Waals surface area contributed by atoms with Crippen molar-refractivity contribution in [2.24, 2.45) is 0 Å². The van der Waals surface area contributed by atoms with E-state index in [0.29, 0.717) is 44.5 Å². The van der Waals surface area contributed by atoms with Gasteiger partial charge in [0.25, 0.3) is 0 Å². The van der Waals surface area contributed by atoms with Crippen LogP contribution in [0, 0.1) is 0 Å². The average molecular weight is 641 g/mol. The molecule has 0 aromatic heterocycles. The molecule has 2 aliphatic heterocycles. The Bertz CT molecular complexity index is 1150. The quantitative estimate of drug-likeness (QED) is 0.223. The Morgan fingerprint density at radius 2 is 0.895 bits per heavy atom. The minimum absolute atomic E-state index is 0.225. The Morgan fingerprint density at radius 1 is 0.579 bits per heavy atom. The number of alkyl halides is 6. The largest absolute Gasteiger partial charge is 0.416 e. The summed E-state index contributed by atoms with van der Waals surface area (Å²) in [5, 5.41) is -0.451. The van der Waals surface area contributed by atoms with Crippen LogP contribution in [0.15, 0.2) is 48.5 Å². The second-order valence-corrected chi connectivity index (χ2v) is 12.9. The highest BCUT2D eigenvalue weighted by Gasteiger charge is 2.46. The van der Waals surface area contributed by atoms with Crippen LogP contribution in [0.25, 0.3) is 0 Å². The SMILES string of the molecule is FC(F)(F)c1ccc(CCN2C(=S)SC(C3SC(=S)N(CCc4ccc(C(F)(F)F)cc4)C3=S)C2=S)cc1. The molecule has 2 aromatic rings. The molecule has 0 bridgehead atoms. The van der Waals surface area contributed by atoms with Crippen LogP contribution in [-0.2, 0) is 25.2 Å². The smallest absolute Gasteiger partial charge is 0.320 e. The molecule has 2 heterocycles. The van der Waals surface area contributed by atoms with Gasteiger partial charge in [0, 0.05) is 13.1 Å². The van der Waals surface area contributed by atoms with Gasteiger partial charge < -0.3 is 9.80 Å². The molecule has 2 nitrogen and oxygen atoms in total. The average Bonchev–Trinajstić information content (AvgIpc) is 3.29. The van der Waals surface area contributed by atoms with Crippen LogP contribution in [-0.4, -0.2) is 52.0 Å². The van der Waals surface area contributed by atoms with E-state index < -0.39 is 23.5 Å². The lowest BCUT2D eigenvalue weighted by Gasteiger charge is -2.22. The van der Waals surface area contributed by atoms with E-state index in [2.05, 4.69) is 0 Å². The molecule has 2 saturated heterocycles. The Kier molecular flexibility index (Phi) is 9.10. The lowest BCUT2D eigenvalue weighted by molar-refractivity contribution is -0.138. The van der Waals surface area contributed by atoms with Crippen LogP contribution < -0.4 is 0 Å². The van der Waals surface area contributed by atoms with E-state index in [4.69, 9.17) is 48.9 Å². The lowest BCUT2D eigenvalue weighted by atomic mass is 10.1. The molecular weight excluding hydrogens is 623 g/mol. The van der Waals surface area contributed by atoms with Crippen molar-refractivity contribution < 1.29 is 26.3 Å². The van der Waals surface area contributed by atoms with Gasteiger partial charge in [-0.1, -0.05) is 96.7 Å². The zero-order chi connectivity index (χ0) is 27.8. The first-order valence-corrected chi connectivity index (χ1v) is 14.5. The molecular formula is C24H18F6N2S6. The third kappa shape index (κ3) is 6.69. The van der Waals surface area contributed by atoms with Crippen molar-refractivity contribution in [2.75, 3.05) is 13.1 Å². The highest BCUT2D eigenvalue weighted by molar-refractivity contribution is 8.28. The highest BCUT2D eigenvalue weighted by atomic mass is 32.2. The third-order valence-corrected chi connectivity index (χ3v) is 10.8. The van der Waals surface area contributed by atoms with Crippen LogP contribution >= 0.6 is 72.4 Å². The molecule has 14 heteroatoms. The minimum atomic E-state index is -4.38. The van der Waals surface area contributed by atoms with Crippen molar-refractivity contribution in [1.82, 2.24) is 9.80 Å². The van der Waals surface area contributed by atoms with Crippen molar-refractivity contribution in [3.63, 3.8) is 0 Å². The first-order valence-electron chi connectivity index (χ1n) is 11.1. The van der Waals surface area contributed by atoms with Crippen LogP contribution in [0.3, 0.4) is 0 Å². The maximum Gasteiger partial charge on any atom is 0.416 e. The van der Waals surface area contributed by atoms with Gasteiger partial charge in [-0.05, 0) is 48.2 Å². The van der Waals surface area contributed by atoms with Crippen LogP contribution in [0.2, 0.25) is 0 Å². The number of thioether (sulfide) groups is 2. The summed E-state index contributed by atoms with van der Waals surface area (Å²) in [5.41, 5.74) is 0.0706. The summed E-state index contributed by atoms with van der Waals surface area (Å²) in [6, 6.07) is 10.0. The van der Waals surface area contributed by atoms with E-state index in [0.717, 1.165) is 35.4 Å². The van der Waals surface area contributed by atoms with Gasteiger partial charge in [0.1, 0.15) is 8.64 Å². The molecule has 0 aliphatic carbocycles. The fourth-order valence-corrected chi connectivity index (χ4v) is 8.61. The van der Waals surface area contributed by atoms with E-state index in [9.17, 15) is 26.3 Å². The molecule has 0 amide bonds. The van der Waals surface area contributed by atoms with Gasteiger partial charge in [-0.15, -0.1) is 0 Å². The Hall–Kier alpha value is -1.32. The van der Waals surface area contributed by atoms with Gasteiger partial charge in [0.15, 0.2) is 0 Å². The van der Waals surface area contributed by atoms with Crippen molar-refractivity contribution in [3.05, 3.63) is 70.8 Å². The van der Waals surface area contributed by atoms with Gasteiger partial charge in [-0.2, -0.15) is 26.3 Å². The number of halogens is 6. The Morgan fingerprint density at radius 3 is 1.18 bits per heavy atom. The van der Waals surface area contributed by atoms with Gasteiger partial charge in [0.2, 0.25) is 0 Å². The molecule has 202 valence electrons. The van der Waals surface area contributed by atoms with Crippen molar-refractivity contribution in [2.45, 2.75) is 35.7 Å². The molecule has 38 heavy (non-hydrogen) atoms. The van der Waals surface area contributed by atoms with E-state index in [1.807, 2.05) is 9.80 Å². The Balaban J connectivity index is 1.35. The van der Waals surface area contributed by atoms with E-state index in [-0.39, 0.29) is 10.5 Å². The summed E-state index contributed by atoms with van der Waals surface area (Å²) in [7, 11) is 0. The molecule has 2 aromatic carbocycles. The highest BCUT2D eigenvalue weighted by Crippen LogP contribution is 2.41. The first kappa shape index (κ1) is 29.7. The number of nitrogens with zero attached hydrogens (tertiary/aromatic N) is 2. The van der Waals surface area contributed by atoms with Crippen molar-refractivity contribution in [3.8, 4) is 0 Å². The van der Waals surface area contributed by atoms with E-state index in [1.165, 1.54) is 47.8 Å². The lowest BCUT2D eigenvalue weighted by Crippen LogP contribution is -2.39. The molecule has 0 N–H and O–H groups in total. The second-order valence-electron chi connectivity index (χ2n) is 8.48. The van der Waals surface area contributed by atoms with Crippen molar-refractivity contribution in [1.29, 1.82) is 0 Å². The van der Waals surface area contributed by atoms with Crippen molar-refractivity contribution >= 4 is 91.0 Å². The molecule has 2 atom stereocenters. The number of rotatable bonds is 7. The zero-order valence-electron chi connectivity index (χ0n) is 19.2.